The smallest absolute Gasteiger partial charge is 0.316 e. The van der Waals surface area contributed by atoms with Crippen molar-refractivity contribution in [1.82, 2.24) is 20.3 Å². The highest BCUT2D eigenvalue weighted by atomic mass is 16.5. The van der Waals surface area contributed by atoms with Crippen molar-refractivity contribution in [1.29, 1.82) is 0 Å². The molecular formula is C13H14N4O2. The Morgan fingerprint density at radius 2 is 2.05 bits per heavy atom. The molecule has 2 rings (SSSR count). The Morgan fingerprint density at radius 1 is 1.26 bits per heavy atom. The first kappa shape index (κ1) is 12.9. The van der Waals surface area contributed by atoms with Gasteiger partial charge in [0.05, 0.1) is 5.69 Å². The van der Waals surface area contributed by atoms with E-state index in [0.29, 0.717) is 6.54 Å². The van der Waals surface area contributed by atoms with Crippen molar-refractivity contribution in [2.24, 2.45) is 0 Å². The van der Waals surface area contributed by atoms with Crippen LogP contribution in [0.2, 0.25) is 0 Å². The summed E-state index contributed by atoms with van der Waals surface area (Å²) in [5, 5.41) is 2.62. The molecule has 19 heavy (non-hydrogen) atoms. The predicted molar refractivity (Wildman–Crippen MR) is 69.4 cm³/mol. The number of aromatic nitrogens is 3. The normalized spacial score (nSPS) is 9.95. The lowest BCUT2D eigenvalue weighted by atomic mass is 10.2. The number of pyridine rings is 1. The minimum atomic E-state index is -0.195. The first-order valence-electron chi connectivity index (χ1n) is 5.92. The third kappa shape index (κ3) is 3.74. The van der Waals surface area contributed by atoms with Gasteiger partial charge in [0.2, 0.25) is 0 Å². The van der Waals surface area contributed by atoms with Crippen LogP contribution in [0, 0.1) is 0 Å². The number of nitrogens with zero attached hydrogens (tertiary/aromatic N) is 3. The zero-order valence-corrected chi connectivity index (χ0v) is 10.5. The van der Waals surface area contributed by atoms with Gasteiger partial charge in [0.15, 0.2) is 6.61 Å². The molecule has 1 N–H and O–H groups in total. The average molecular weight is 258 g/mol. The Hall–Kier alpha value is -2.50. The molecule has 6 nitrogen and oxygen atoms in total. The van der Waals surface area contributed by atoms with Crippen LogP contribution in [0.3, 0.4) is 0 Å². The molecule has 2 aromatic heterocycles. The van der Waals surface area contributed by atoms with E-state index in [-0.39, 0.29) is 18.5 Å². The number of hydrogen-bond acceptors (Lipinski definition) is 5. The summed E-state index contributed by atoms with van der Waals surface area (Å²) in [6, 6.07) is 5.77. The van der Waals surface area contributed by atoms with Crippen LogP contribution < -0.4 is 10.1 Å². The Morgan fingerprint density at radius 3 is 2.68 bits per heavy atom. The Bertz CT molecular complexity index is 528. The summed E-state index contributed by atoms with van der Waals surface area (Å²) < 4.78 is 5.16. The third-order valence-corrected chi connectivity index (χ3v) is 2.30. The zero-order chi connectivity index (χ0) is 13.5. The Balaban J connectivity index is 1.97. The monoisotopic (exact) mass is 258 g/mol. The second-order valence-corrected chi connectivity index (χ2v) is 3.71. The summed E-state index contributed by atoms with van der Waals surface area (Å²) in [5.41, 5.74) is 1.59. The first-order valence-corrected chi connectivity index (χ1v) is 5.92. The van der Waals surface area contributed by atoms with E-state index in [1.54, 1.807) is 18.6 Å². The maximum Gasteiger partial charge on any atom is 0.316 e. The Labute approximate surface area is 110 Å². The number of amides is 1. The van der Waals surface area contributed by atoms with Crippen LogP contribution in [-0.2, 0) is 4.79 Å². The van der Waals surface area contributed by atoms with Crippen LogP contribution >= 0.6 is 0 Å². The quantitative estimate of drug-likeness (QED) is 0.867. The van der Waals surface area contributed by atoms with E-state index in [1.165, 1.54) is 0 Å². The second kappa shape index (κ2) is 6.44. The molecular weight excluding hydrogens is 244 g/mol. The molecule has 0 unspecified atom stereocenters. The standard InChI is InChI=1S/C13H14N4O2/c1-2-14-12(18)9-19-13-16-7-10(8-17-13)11-5-3-4-6-15-11/h3-8H,2,9H2,1H3,(H,14,18). The fourth-order valence-electron chi connectivity index (χ4n) is 1.43. The lowest BCUT2D eigenvalue weighted by Crippen LogP contribution is -2.28. The maximum atomic E-state index is 11.2. The molecule has 98 valence electrons. The number of carbonyl (C=O) groups excluding carboxylic acids is 1. The van der Waals surface area contributed by atoms with E-state index in [1.807, 2.05) is 25.1 Å². The van der Waals surface area contributed by atoms with Crippen LogP contribution in [0.4, 0.5) is 0 Å². The van der Waals surface area contributed by atoms with E-state index in [9.17, 15) is 4.79 Å². The largest absolute Gasteiger partial charge is 0.453 e. The summed E-state index contributed by atoms with van der Waals surface area (Å²) in [4.78, 5) is 23.5. The number of likely N-dealkylation sites (N-methyl/N-ethyl adjacent to an activating group) is 1. The van der Waals surface area contributed by atoms with Crippen molar-refractivity contribution in [2.45, 2.75) is 6.92 Å². The van der Waals surface area contributed by atoms with Gasteiger partial charge in [-0.25, -0.2) is 9.97 Å². The van der Waals surface area contributed by atoms with Crippen molar-refractivity contribution in [3.63, 3.8) is 0 Å². The predicted octanol–water partition coefficient (Wildman–Crippen LogP) is 1.05. The van der Waals surface area contributed by atoms with Gasteiger partial charge in [-0.2, -0.15) is 0 Å². The topological polar surface area (TPSA) is 77.0 Å². The molecule has 0 saturated carbocycles. The van der Waals surface area contributed by atoms with E-state index in [2.05, 4.69) is 20.3 Å². The third-order valence-electron chi connectivity index (χ3n) is 2.30. The fraction of sp³-hybridized carbons (Fsp3) is 0.231. The summed E-state index contributed by atoms with van der Waals surface area (Å²) in [6.07, 6.45) is 4.93. The molecule has 1 amide bonds. The number of rotatable bonds is 5. The summed E-state index contributed by atoms with van der Waals surface area (Å²) >= 11 is 0. The van der Waals surface area contributed by atoms with Gasteiger partial charge >= 0.3 is 6.01 Å². The molecule has 0 saturated heterocycles. The van der Waals surface area contributed by atoms with Crippen molar-refractivity contribution in [3.05, 3.63) is 36.8 Å². The van der Waals surface area contributed by atoms with Gasteiger partial charge in [0, 0.05) is 30.7 Å². The molecule has 0 spiro atoms. The van der Waals surface area contributed by atoms with E-state index in [4.69, 9.17) is 4.74 Å². The van der Waals surface area contributed by atoms with Gasteiger partial charge in [-0.15, -0.1) is 0 Å². The molecule has 0 fully saturated rings. The molecule has 0 aliphatic carbocycles. The number of carbonyl (C=O) groups is 1. The maximum absolute atomic E-state index is 11.2. The highest BCUT2D eigenvalue weighted by molar-refractivity contribution is 5.77. The van der Waals surface area contributed by atoms with Gasteiger partial charge in [0.1, 0.15) is 0 Å². The van der Waals surface area contributed by atoms with Crippen LogP contribution in [-0.4, -0.2) is 34.0 Å². The Kier molecular flexibility index (Phi) is 4.39. The lowest BCUT2D eigenvalue weighted by Gasteiger charge is -2.04. The highest BCUT2D eigenvalue weighted by Gasteiger charge is 2.04. The van der Waals surface area contributed by atoms with Gasteiger partial charge in [-0.3, -0.25) is 9.78 Å². The van der Waals surface area contributed by atoms with E-state index in [0.717, 1.165) is 11.3 Å². The van der Waals surface area contributed by atoms with Crippen molar-refractivity contribution in [3.8, 4) is 17.3 Å². The van der Waals surface area contributed by atoms with Gasteiger partial charge in [-0.1, -0.05) is 6.07 Å². The molecule has 6 heteroatoms. The van der Waals surface area contributed by atoms with Gasteiger partial charge in [-0.05, 0) is 19.1 Å². The highest BCUT2D eigenvalue weighted by Crippen LogP contribution is 2.14. The van der Waals surface area contributed by atoms with Gasteiger partial charge < -0.3 is 10.1 Å². The van der Waals surface area contributed by atoms with Crippen molar-refractivity contribution in [2.75, 3.05) is 13.2 Å². The van der Waals surface area contributed by atoms with E-state index >= 15 is 0 Å². The SMILES string of the molecule is CCNC(=O)COc1ncc(-c2ccccn2)cn1. The number of hydrogen-bond donors (Lipinski definition) is 1. The van der Waals surface area contributed by atoms with Crippen molar-refractivity contribution >= 4 is 5.91 Å². The molecule has 2 heterocycles. The van der Waals surface area contributed by atoms with Crippen LogP contribution in [0.15, 0.2) is 36.8 Å². The first-order chi connectivity index (χ1) is 9.29. The molecule has 0 atom stereocenters. The second-order valence-electron chi connectivity index (χ2n) is 3.71. The molecule has 2 aromatic rings. The summed E-state index contributed by atoms with van der Waals surface area (Å²) in [5.74, 6) is -0.195. The molecule has 0 radical (unpaired) electrons. The van der Waals surface area contributed by atoms with Crippen LogP contribution in [0.5, 0.6) is 6.01 Å². The van der Waals surface area contributed by atoms with Gasteiger partial charge in [0.25, 0.3) is 5.91 Å². The van der Waals surface area contributed by atoms with Crippen LogP contribution in [0.25, 0.3) is 11.3 Å². The summed E-state index contributed by atoms with van der Waals surface area (Å²) in [7, 11) is 0. The molecule has 0 bridgehead atoms. The fourth-order valence-corrected chi connectivity index (χ4v) is 1.43. The number of nitrogens with one attached hydrogen (secondary N) is 1. The van der Waals surface area contributed by atoms with E-state index < -0.39 is 0 Å². The molecule has 0 aromatic carbocycles. The zero-order valence-electron chi connectivity index (χ0n) is 10.5. The lowest BCUT2D eigenvalue weighted by molar-refractivity contribution is -0.123. The minimum Gasteiger partial charge on any atom is -0.453 e. The summed E-state index contributed by atoms with van der Waals surface area (Å²) in [6.45, 7) is 2.33. The molecule has 0 aliphatic rings. The number of ether oxygens (including phenoxy) is 1. The molecule has 0 aliphatic heterocycles. The van der Waals surface area contributed by atoms with Crippen molar-refractivity contribution < 1.29 is 9.53 Å². The van der Waals surface area contributed by atoms with Crippen LogP contribution in [0.1, 0.15) is 6.92 Å². The average Bonchev–Trinajstić information content (AvgIpc) is 2.47. The minimum absolute atomic E-state index is 0.0865.